The number of ether oxygens (including phenoxy) is 2. The Morgan fingerprint density at radius 2 is 1.78 bits per heavy atom. The maximum Gasteiger partial charge on any atom is 0.248 e. The second-order valence-corrected chi connectivity index (χ2v) is 6.18. The third-order valence-electron chi connectivity index (χ3n) is 3.45. The molecule has 0 aromatic heterocycles. The van der Waals surface area contributed by atoms with Crippen LogP contribution in [0.5, 0.6) is 11.5 Å². The standard InChI is InChI=1S/C20H20F3NO3/c1-12(2)11-27-18-6-4-13(8-19(18)26-3)5-7-20(25)24-17-10-15(22)14(21)9-16(17)23/h4-10,12H,11H2,1-3H3,(H,24,25)/b7-5+. The highest BCUT2D eigenvalue weighted by molar-refractivity contribution is 6.02. The Morgan fingerprint density at radius 3 is 2.44 bits per heavy atom. The van der Waals surface area contributed by atoms with Crippen LogP contribution in [0, 0.1) is 23.4 Å². The van der Waals surface area contributed by atoms with Gasteiger partial charge in [0.05, 0.1) is 19.4 Å². The highest BCUT2D eigenvalue weighted by Crippen LogP contribution is 2.29. The summed E-state index contributed by atoms with van der Waals surface area (Å²) in [5.41, 5.74) is 0.197. The highest BCUT2D eigenvalue weighted by Gasteiger charge is 2.11. The van der Waals surface area contributed by atoms with Crippen LogP contribution in [-0.2, 0) is 4.79 Å². The minimum Gasteiger partial charge on any atom is -0.493 e. The molecule has 0 atom stereocenters. The lowest BCUT2D eigenvalue weighted by atomic mass is 10.2. The molecule has 0 saturated carbocycles. The van der Waals surface area contributed by atoms with Crippen molar-refractivity contribution in [3.8, 4) is 11.5 Å². The molecule has 7 heteroatoms. The summed E-state index contributed by atoms with van der Waals surface area (Å²) in [7, 11) is 1.50. The molecule has 2 rings (SSSR count). The molecule has 2 aromatic rings. The van der Waals surface area contributed by atoms with Gasteiger partial charge in [0.25, 0.3) is 0 Å². The zero-order valence-corrected chi connectivity index (χ0v) is 15.2. The number of halogens is 3. The SMILES string of the molecule is COc1cc(/C=C/C(=O)Nc2cc(F)c(F)cc2F)ccc1OCC(C)C. The van der Waals surface area contributed by atoms with Crippen molar-refractivity contribution in [3.63, 3.8) is 0 Å². The van der Waals surface area contributed by atoms with Crippen molar-refractivity contribution < 1.29 is 27.4 Å². The summed E-state index contributed by atoms with van der Waals surface area (Å²) in [6.07, 6.45) is 2.62. The monoisotopic (exact) mass is 379 g/mol. The summed E-state index contributed by atoms with van der Waals surface area (Å²) in [6, 6.07) is 6.07. The number of hydrogen-bond donors (Lipinski definition) is 1. The van der Waals surface area contributed by atoms with E-state index in [-0.39, 0.29) is 0 Å². The number of methoxy groups -OCH3 is 1. The molecule has 27 heavy (non-hydrogen) atoms. The molecule has 0 spiro atoms. The van der Waals surface area contributed by atoms with Gasteiger partial charge < -0.3 is 14.8 Å². The van der Waals surface area contributed by atoms with Gasteiger partial charge in [0.15, 0.2) is 23.1 Å². The van der Waals surface area contributed by atoms with Gasteiger partial charge in [-0.1, -0.05) is 19.9 Å². The zero-order chi connectivity index (χ0) is 20.0. The van der Waals surface area contributed by atoms with Gasteiger partial charge in [-0.05, 0) is 29.7 Å². The Kier molecular flexibility index (Phi) is 6.87. The molecule has 2 aromatic carbocycles. The van der Waals surface area contributed by atoms with E-state index in [1.54, 1.807) is 18.2 Å². The van der Waals surface area contributed by atoms with E-state index in [0.717, 1.165) is 6.08 Å². The number of benzene rings is 2. The van der Waals surface area contributed by atoms with E-state index in [1.807, 2.05) is 13.8 Å². The number of hydrogen-bond acceptors (Lipinski definition) is 3. The molecule has 0 heterocycles. The largest absolute Gasteiger partial charge is 0.493 e. The fourth-order valence-electron chi connectivity index (χ4n) is 2.13. The lowest BCUT2D eigenvalue weighted by molar-refractivity contribution is -0.111. The quantitative estimate of drug-likeness (QED) is 0.555. The molecule has 0 aliphatic carbocycles. The first-order valence-corrected chi connectivity index (χ1v) is 8.24. The van der Waals surface area contributed by atoms with Crippen LogP contribution in [0.2, 0.25) is 0 Å². The molecule has 0 unspecified atom stereocenters. The number of amides is 1. The number of carbonyl (C=O) groups excluding carboxylic acids is 1. The van der Waals surface area contributed by atoms with Crippen molar-refractivity contribution in [3.05, 3.63) is 59.4 Å². The molecule has 1 amide bonds. The fourth-order valence-corrected chi connectivity index (χ4v) is 2.13. The Morgan fingerprint density at radius 1 is 1.07 bits per heavy atom. The zero-order valence-electron chi connectivity index (χ0n) is 15.2. The van der Waals surface area contributed by atoms with E-state index >= 15 is 0 Å². The number of rotatable bonds is 7. The summed E-state index contributed by atoms with van der Waals surface area (Å²) < 4.78 is 50.5. The van der Waals surface area contributed by atoms with Crippen LogP contribution in [0.1, 0.15) is 19.4 Å². The van der Waals surface area contributed by atoms with Crippen LogP contribution in [-0.4, -0.2) is 19.6 Å². The van der Waals surface area contributed by atoms with Crippen LogP contribution >= 0.6 is 0 Å². The van der Waals surface area contributed by atoms with Gasteiger partial charge in [-0.2, -0.15) is 0 Å². The van der Waals surface area contributed by atoms with E-state index in [4.69, 9.17) is 9.47 Å². The second kappa shape index (κ2) is 9.12. The summed E-state index contributed by atoms with van der Waals surface area (Å²) >= 11 is 0. The van der Waals surface area contributed by atoms with E-state index in [0.29, 0.717) is 41.7 Å². The number of nitrogens with one attached hydrogen (secondary N) is 1. The maximum atomic E-state index is 13.6. The Bertz CT molecular complexity index is 851. The van der Waals surface area contributed by atoms with E-state index in [2.05, 4.69) is 5.32 Å². The molecule has 4 nitrogen and oxygen atoms in total. The molecule has 0 bridgehead atoms. The molecule has 0 aliphatic rings. The number of anilines is 1. The van der Waals surface area contributed by atoms with Gasteiger partial charge in [0.1, 0.15) is 5.82 Å². The smallest absolute Gasteiger partial charge is 0.248 e. The lowest BCUT2D eigenvalue weighted by Crippen LogP contribution is -2.10. The average molecular weight is 379 g/mol. The lowest BCUT2D eigenvalue weighted by Gasteiger charge is -2.12. The van der Waals surface area contributed by atoms with Crippen LogP contribution < -0.4 is 14.8 Å². The van der Waals surface area contributed by atoms with Crippen molar-refractivity contribution in [1.29, 1.82) is 0 Å². The van der Waals surface area contributed by atoms with Crippen LogP contribution in [0.25, 0.3) is 6.08 Å². The molecular weight excluding hydrogens is 359 g/mol. The summed E-state index contributed by atoms with van der Waals surface area (Å²) in [5, 5.41) is 2.16. The molecular formula is C20H20F3NO3. The van der Waals surface area contributed by atoms with Gasteiger partial charge in [-0.25, -0.2) is 13.2 Å². The van der Waals surface area contributed by atoms with E-state index in [1.165, 1.54) is 13.2 Å². The predicted molar refractivity (Wildman–Crippen MR) is 97.3 cm³/mol. The first-order chi connectivity index (χ1) is 12.8. The Hall–Kier alpha value is -2.96. The van der Waals surface area contributed by atoms with Gasteiger partial charge in [0, 0.05) is 18.2 Å². The Balaban J connectivity index is 2.08. The third kappa shape index (κ3) is 5.77. The van der Waals surface area contributed by atoms with Gasteiger partial charge in [-0.3, -0.25) is 4.79 Å². The molecule has 0 radical (unpaired) electrons. The minimum atomic E-state index is -1.33. The van der Waals surface area contributed by atoms with Gasteiger partial charge in [-0.15, -0.1) is 0 Å². The van der Waals surface area contributed by atoms with Crippen molar-refractivity contribution in [2.24, 2.45) is 5.92 Å². The van der Waals surface area contributed by atoms with Crippen LogP contribution in [0.4, 0.5) is 18.9 Å². The Labute approximate surface area is 155 Å². The maximum absolute atomic E-state index is 13.6. The predicted octanol–water partition coefficient (Wildman–Crippen LogP) is 4.80. The van der Waals surface area contributed by atoms with Crippen LogP contribution in [0.3, 0.4) is 0 Å². The van der Waals surface area contributed by atoms with E-state index < -0.39 is 29.0 Å². The first-order valence-electron chi connectivity index (χ1n) is 8.24. The fraction of sp³-hybridized carbons (Fsp3) is 0.250. The summed E-state index contributed by atoms with van der Waals surface area (Å²) in [6.45, 7) is 4.59. The van der Waals surface area contributed by atoms with Crippen molar-refractivity contribution in [2.45, 2.75) is 13.8 Å². The molecule has 0 aliphatic heterocycles. The molecule has 1 N–H and O–H groups in total. The summed E-state index contributed by atoms with van der Waals surface area (Å²) in [5.74, 6) is -2.90. The molecule has 144 valence electrons. The summed E-state index contributed by atoms with van der Waals surface area (Å²) in [4.78, 5) is 11.9. The van der Waals surface area contributed by atoms with Crippen molar-refractivity contribution in [1.82, 2.24) is 0 Å². The van der Waals surface area contributed by atoms with Gasteiger partial charge in [0.2, 0.25) is 5.91 Å². The first kappa shape index (κ1) is 20.4. The normalized spacial score (nSPS) is 11.1. The topological polar surface area (TPSA) is 47.6 Å². The minimum absolute atomic E-state index is 0.356. The van der Waals surface area contributed by atoms with Crippen LogP contribution in [0.15, 0.2) is 36.4 Å². The van der Waals surface area contributed by atoms with Crippen molar-refractivity contribution >= 4 is 17.7 Å². The molecule has 0 fully saturated rings. The second-order valence-electron chi connectivity index (χ2n) is 6.18. The average Bonchev–Trinajstić information content (AvgIpc) is 2.62. The number of carbonyl (C=O) groups is 1. The van der Waals surface area contributed by atoms with Crippen molar-refractivity contribution in [2.75, 3.05) is 19.0 Å². The van der Waals surface area contributed by atoms with E-state index in [9.17, 15) is 18.0 Å². The third-order valence-corrected chi connectivity index (χ3v) is 3.45. The highest BCUT2D eigenvalue weighted by atomic mass is 19.2. The molecule has 0 saturated heterocycles. The van der Waals surface area contributed by atoms with Gasteiger partial charge >= 0.3 is 0 Å².